The molecule has 1 amide bonds. The van der Waals surface area contributed by atoms with Gasteiger partial charge in [-0.3, -0.25) is 5.32 Å². The summed E-state index contributed by atoms with van der Waals surface area (Å²) in [5.74, 6) is 0.607. The van der Waals surface area contributed by atoms with E-state index in [0.717, 1.165) is 41.4 Å². The van der Waals surface area contributed by atoms with Crippen LogP contribution in [0.15, 0.2) is 42.5 Å². The van der Waals surface area contributed by atoms with Crippen molar-refractivity contribution < 1.29 is 14.3 Å². The fourth-order valence-electron chi connectivity index (χ4n) is 3.80. The fraction of sp³-hybridized carbons (Fsp3) is 0.261. The number of nitriles is 2. The lowest BCUT2D eigenvalue weighted by Gasteiger charge is -2.30. The maximum atomic E-state index is 11.4. The van der Waals surface area contributed by atoms with Gasteiger partial charge in [-0.05, 0) is 49.1 Å². The van der Waals surface area contributed by atoms with Gasteiger partial charge in [0.1, 0.15) is 17.9 Å². The molecule has 0 bridgehead atoms. The number of methoxy groups -OCH3 is 1. The average Bonchev–Trinajstić information content (AvgIpc) is 3.04. The van der Waals surface area contributed by atoms with Gasteiger partial charge in [-0.25, -0.2) is 4.79 Å². The zero-order chi connectivity index (χ0) is 21.1. The Morgan fingerprint density at radius 2 is 1.97 bits per heavy atom. The Balaban J connectivity index is 1.85. The lowest BCUT2D eigenvalue weighted by molar-refractivity contribution is 0.187. The number of benzene rings is 2. The molecular weight excluding hydrogens is 380 g/mol. The number of carbonyl (C=O) groups excluding carboxylic acids is 1. The molecule has 1 aromatic heterocycles. The SMILES string of the molecule is COC(=O)Nc1ccc(-c2c(C#N)c3ccc(OCC#N)cc3n2C2CCC2)cc1. The normalized spacial score (nSPS) is 13.2. The Morgan fingerprint density at radius 3 is 2.57 bits per heavy atom. The summed E-state index contributed by atoms with van der Waals surface area (Å²) in [6, 6.07) is 17.6. The van der Waals surface area contributed by atoms with Crippen LogP contribution in [0.3, 0.4) is 0 Å². The van der Waals surface area contributed by atoms with E-state index in [-0.39, 0.29) is 6.61 Å². The minimum Gasteiger partial charge on any atom is -0.479 e. The number of anilines is 1. The third-order valence-corrected chi connectivity index (χ3v) is 5.42. The molecule has 1 N–H and O–H groups in total. The molecule has 0 spiro atoms. The molecular formula is C23H20N4O3. The van der Waals surface area contributed by atoms with Crippen molar-refractivity contribution in [1.82, 2.24) is 4.57 Å². The quantitative estimate of drug-likeness (QED) is 0.650. The minimum absolute atomic E-state index is 0.0255. The largest absolute Gasteiger partial charge is 0.479 e. The van der Waals surface area contributed by atoms with Crippen molar-refractivity contribution in [1.29, 1.82) is 10.5 Å². The molecule has 0 unspecified atom stereocenters. The van der Waals surface area contributed by atoms with Gasteiger partial charge in [-0.15, -0.1) is 0 Å². The maximum absolute atomic E-state index is 11.4. The van der Waals surface area contributed by atoms with E-state index in [1.54, 1.807) is 18.2 Å². The smallest absolute Gasteiger partial charge is 0.411 e. The van der Waals surface area contributed by atoms with E-state index in [0.29, 0.717) is 23.0 Å². The molecule has 150 valence electrons. The van der Waals surface area contributed by atoms with Crippen molar-refractivity contribution in [3.8, 4) is 29.1 Å². The summed E-state index contributed by atoms with van der Waals surface area (Å²) in [6.07, 6.45) is 2.71. The fourth-order valence-corrected chi connectivity index (χ4v) is 3.80. The van der Waals surface area contributed by atoms with E-state index in [1.807, 2.05) is 30.3 Å². The molecule has 0 radical (unpaired) electrons. The lowest BCUT2D eigenvalue weighted by atomic mass is 9.92. The molecule has 2 aromatic carbocycles. The second-order valence-corrected chi connectivity index (χ2v) is 7.11. The summed E-state index contributed by atoms with van der Waals surface area (Å²) in [5, 5.41) is 22.3. The second-order valence-electron chi connectivity index (χ2n) is 7.11. The Kier molecular flexibility index (Phi) is 5.28. The van der Waals surface area contributed by atoms with Crippen molar-refractivity contribution in [2.24, 2.45) is 0 Å². The highest BCUT2D eigenvalue weighted by atomic mass is 16.5. The zero-order valence-corrected chi connectivity index (χ0v) is 16.5. The number of rotatable bonds is 5. The molecule has 0 atom stereocenters. The van der Waals surface area contributed by atoms with E-state index < -0.39 is 6.09 Å². The first-order valence-electron chi connectivity index (χ1n) is 9.69. The molecule has 1 aliphatic carbocycles. The van der Waals surface area contributed by atoms with Crippen LogP contribution in [-0.2, 0) is 4.74 Å². The van der Waals surface area contributed by atoms with Gasteiger partial charge in [0.05, 0.1) is 23.9 Å². The molecule has 0 saturated heterocycles. The Bertz CT molecular complexity index is 1180. The van der Waals surface area contributed by atoms with Gasteiger partial charge >= 0.3 is 6.09 Å². The Labute approximate surface area is 174 Å². The summed E-state index contributed by atoms with van der Waals surface area (Å²) in [6.45, 7) is -0.0255. The molecule has 1 saturated carbocycles. The van der Waals surface area contributed by atoms with Crippen LogP contribution in [0.25, 0.3) is 22.2 Å². The maximum Gasteiger partial charge on any atom is 0.411 e. The van der Waals surface area contributed by atoms with Gasteiger partial charge in [-0.2, -0.15) is 10.5 Å². The predicted octanol–water partition coefficient (Wildman–Crippen LogP) is 4.99. The van der Waals surface area contributed by atoms with Crippen LogP contribution >= 0.6 is 0 Å². The third kappa shape index (κ3) is 3.42. The molecule has 1 fully saturated rings. The van der Waals surface area contributed by atoms with Crippen molar-refractivity contribution in [3.05, 3.63) is 48.0 Å². The summed E-state index contributed by atoms with van der Waals surface area (Å²) >= 11 is 0. The van der Waals surface area contributed by atoms with Crippen molar-refractivity contribution >= 4 is 22.7 Å². The zero-order valence-electron chi connectivity index (χ0n) is 16.5. The van der Waals surface area contributed by atoms with Crippen LogP contribution in [0.4, 0.5) is 10.5 Å². The minimum atomic E-state index is -0.533. The first-order valence-corrected chi connectivity index (χ1v) is 9.69. The molecule has 7 heteroatoms. The molecule has 7 nitrogen and oxygen atoms in total. The first-order chi connectivity index (χ1) is 14.7. The van der Waals surface area contributed by atoms with Crippen LogP contribution in [0, 0.1) is 22.7 Å². The van der Waals surface area contributed by atoms with Crippen molar-refractivity contribution in [3.63, 3.8) is 0 Å². The predicted molar refractivity (Wildman–Crippen MR) is 112 cm³/mol. The van der Waals surface area contributed by atoms with Gasteiger partial charge in [0, 0.05) is 23.2 Å². The van der Waals surface area contributed by atoms with Gasteiger partial charge in [-0.1, -0.05) is 12.1 Å². The molecule has 30 heavy (non-hydrogen) atoms. The lowest BCUT2D eigenvalue weighted by Crippen LogP contribution is -2.18. The number of fused-ring (bicyclic) bond motifs is 1. The van der Waals surface area contributed by atoms with E-state index in [9.17, 15) is 10.1 Å². The summed E-state index contributed by atoms with van der Waals surface area (Å²) < 4.78 is 12.3. The van der Waals surface area contributed by atoms with Gasteiger partial charge in [0.15, 0.2) is 6.61 Å². The topological polar surface area (TPSA) is 100 Å². The highest BCUT2D eigenvalue weighted by Gasteiger charge is 2.28. The van der Waals surface area contributed by atoms with E-state index in [1.165, 1.54) is 7.11 Å². The third-order valence-electron chi connectivity index (χ3n) is 5.42. The summed E-state index contributed by atoms with van der Waals surface area (Å²) in [4.78, 5) is 11.4. The second kappa shape index (κ2) is 8.18. The average molecular weight is 400 g/mol. The first kappa shape index (κ1) is 19.4. The van der Waals surface area contributed by atoms with Crippen LogP contribution in [0.2, 0.25) is 0 Å². The Hall–Kier alpha value is -3.97. The van der Waals surface area contributed by atoms with E-state index >= 15 is 0 Å². The molecule has 1 heterocycles. The number of aromatic nitrogens is 1. The molecule has 0 aliphatic heterocycles. The number of carbonyl (C=O) groups is 1. The number of ether oxygens (including phenoxy) is 2. The monoisotopic (exact) mass is 400 g/mol. The van der Waals surface area contributed by atoms with Crippen molar-refractivity contribution in [2.75, 3.05) is 19.0 Å². The number of hydrogen-bond donors (Lipinski definition) is 1. The van der Waals surface area contributed by atoms with Crippen LogP contribution in [0.5, 0.6) is 5.75 Å². The van der Waals surface area contributed by atoms with E-state index in [4.69, 9.17) is 10.00 Å². The number of nitrogens with zero attached hydrogens (tertiary/aromatic N) is 3. The Morgan fingerprint density at radius 1 is 1.20 bits per heavy atom. The molecule has 1 aliphatic rings. The van der Waals surface area contributed by atoms with Crippen molar-refractivity contribution in [2.45, 2.75) is 25.3 Å². The number of amides is 1. The molecule has 4 rings (SSSR count). The highest BCUT2D eigenvalue weighted by molar-refractivity contribution is 5.96. The van der Waals surface area contributed by atoms with Crippen LogP contribution in [0.1, 0.15) is 30.9 Å². The summed E-state index contributed by atoms with van der Waals surface area (Å²) in [5.41, 5.74) is 3.90. The molecule has 3 aromatic rings. The summed E-state index contributed by atoms with van der Waals surface area (Å²) in [7, 11) is 1.31. The standard InChI is InChI=1S/C23H20N4O3/c1-29-23(28)26-16-7-5-15(6-8-16)22-20(14-25)19-10-9-18(30-12-11-24)13-21(19)27(22)17-3-2-4-17/h5-10,13,17H,2-4,12H2,1H3,(H,26,28). The van der Waals surface area contributed by atoms with Gasteiger partial charge in [0.25, 0.3) is 0 Å². The van der Waals surface area contributed by atoms with E-state index in [2.05, 4.69) is 20.7 Å². The van der Waals surface area contributed by atoms with Crippen LogP contribution < -0.4 is 10.1 Å². The highest BCUT2D eigenvalue weighted by Crippen LogP contribution is 2.43. The van der Waals surface area contributed by atoms with Crippen LogP contribution in [-0.4, -0.2) is 24.4 Å². The number of hydrogen-bond acceptors (Lipinski definition) is 5. The number of nitrogens with one attached hydrogen (secondary N) is 1. The van der Waals surface area contributed by atoms with Gasteiger partial charge in [0.2, 0.25) is 0 Å². The van der Waals surface area contributed by atoms with Gasteiger partial charge < -0.3 is 14.0 Å².